The fourth-order valence-corrected chi connectivity index (χ4v) is 5.20. The molecule has 1 atom stereocenters. The Labute approximate surface area is 120 Å². The van der Waals surface area contributed by atoms with Crippen molar-refractivity contribution in [3.8, 4) is 0 Å². The lowest BCUT2D eigenvalue weighted by Crippen LogP contribution is -2.52. The quantitative estimate of drug-likeness (QED) is 0.760. The van der Waals surface area contributed by atoms with E-state index in [1.807, 2.05) is 0 Å². The van der Waals surface area contributed by atoms with Crippen molar-refractivity contribution in [3.63, 3.8) is 0 Å². The van der Waals surface area contributed by atoms with Gasteiger partial charge in [-0.15, -0.1) is 0 Å². The topological polar surface area (TPSA) is 75.4 Å². The molecule has 2 rings (SSSR count). The van der Waals surface area contributed by atoms with Gasteiger partial charge in [0.25, 0.3) is 10.2 Å². The molecule has 0 aromatic rings. The van der Waals surface area contributed by atoms with E-state index in [0.717, 1.165) is 25.7 Å². The van der Waals surface area contributed by atoms with Gasteiger partial charge in [0.1, 0.15) is 0 Å². The maximum absolute atomic E-state index is 12.3. The van der Waals surface area contributed by atoms with Crippen LogP contribution in [0.3, 0.4) is 0 Å². The third-order valence-electron chi connectivity index (χ3n) is 4.43. The molecule has 3 N–H and O–H groups in total. The molecule has 0 amide bonds. The van der Waals surface area contributed by atoms with Crippen LogP contribution < -0.4 is 10.5 Å². The third kappa shape index (κ3) is 3.64. The summed E-state index contributed by atoms with van der Waals surface area (Å²) in [6.07, 6.45) is 7.46. The predicted octanol–water partition coefficient (Wildman–Crippen LogP) is 0.777. The molecule has 2 aliphatic rings. The van der Waals surface area contributed by atoms with Crippen molar-refractivity contribution >= 4 is 22.0 Å². The predicted molar refractivity (Wildman–Crippen MR) is 80.4 cm³/mol. The first kappa shape index (κ1) is 15.6. The van der Waals surface area contributed by atoms with Crippen LogP contribution in [-0.4, -0.2) is 49.9 Å². The summed E-state index contributed by atoms with van der Waals surface area (Å²) in [6, 6.07) is 0. The van der Waals surface area contributed by atoms with Gasteiger partial charge < -0.3 is 5.73 Å². The van der Waals surface area contributed by atoms with E-state index in [4.69, 9.17) is 5.73 Å². The second-order valence-corrected chi connectivity index (χ2v) is 8.70. The summed E-state index contributed by atoms with van der Waals surface area (Å²) in [5.41, 5.74) is 5.66. The van der Waals surface area contributed by atoms with Crippen LogP contribution in [-0.2, 0) is 10.2 Å². The van der Waals surface area contributed by atoms with Crippen LogP contribution in [0, 0.1) is 5.92 Å². The highest BCUT2D eigenvalue weighted by atomic mass is 32.2. The summed E-state index contributed by atoms with van der Waals surface area (Å²) in [6.45, 7) is 2.32. The van der Waals surface area contributed by atoms with Gasteiger partial charge in [-0.25, -0.2) is 4.72 Å². The standard InChI is InChI=1S/C12H25N3O2S2/c1-18-12(5-3-6-12)10-14-19(16,17)15-7-2-4-11(8-13)9-15/h11,14H,2-10,13H2,1H3. The molecule has 0 aromatic heterocycles. The van der Waals surface area contributed by atoms with E-state index in [2.05, 4.69) is 11.0 Å². The minimum absolute atomic E-state index is 0.135. The monoisotopic (exact) mass is 307 g/mol. The van der Waals surface area contributed by atoms with Gasteiger partial charge in [0.15, 0.2) is 0 Å². The molecule has 1 aliphatic carbocycles. The molecule has 1 unspecified atom stereocenters. The maximum atomic E-state index is 12.3. The van der Waals surface area contributed by atoms with E-state index in [-0.39, 0.29) is 4.75 Å². The smallest absolute Gasteiger partial charge is 0.279 e. The van der Waals surface area contributed by atoms with Crippen LogP contribution in [0.15, 0.2) is 0 Å². The Morgan fingerprint density at radius 2 is 2.16 bits per heavy atom. The number of rotatable bonds is 6. The molecule has 0 aromatic carbocycles. The van der Waals surface area contributed by atoms with E-state index >= 15 is 0 Å². The molecule has 1 aliphatic heterocycles. The average Bonchev–Trinajstić information content (AvgIpc) is 2.38. The number of hydrogen-bond donors (Lipinski definition) is 2. The van der Waals surface area contributed by atoms with E-state index in [9.17, 15) is 8.42 Å². The second-order valence-electron chi connectivity index (χ2n) is 5.67. The highest BCUT2D eigenvalue weighted by Gasteiger charge is 2.38. The second kappa shape index (κ2) is 6.30. The molecular weight excluding hydrogens is 282 g/mol. The Hall–Kier alpha value is 0.180. The van der Waals surface area contributed by atoms with Gasteiger partial charge in [-0.2, -0.15) is 24.5 Å². The van der Waals surface area contributed by atoms with Crippen molar-refractivity contribution in [3.05, 3.63) is 0 Å². The normalized spacial score (nSPS) is 28.0. The van der Waals surface area contributed by atoms with Gasteiger partial charge in [0, 0.05) is 24.4 Å². The highest BCUT2D eigenvalue weighted by molar-refractivity contribution is 8.00. The summed E-state index contributed by atoms with van der Waals surface area (Å²) >= 11 is 1.79. The third-order valence-corrected chi connectivity index (χ3v) is 7.37. The number of hydrogen-bond acceptors (Lipinski definition) is 4. The average molecular weight is 307 g/mol. The molecule has 5 nitrogen and oxygen atoms in total. The Morgan fingerprint density at radius 3 is 2.68 bits per heavy atom. The van der Waals surface area contributed by atoms with Crippen molar-refractivity contribution in [1.82, 2.24) is 9.03 Å². The fourth-order valence-electron chi connectivity index (χ4n) is 2.78. The molecule has 112 valence electrons. The summed E-state index contributed by atoms with van der Waals surface area (Å²) in [5, 5.41) is 0. The SMILES string of the molecule is CSC1(CNS(=O)(=O)N2CCCC(CN)C2)CCC1. The lowest BCUT2D eigenvalue weighted by Gasteiger charge is -2.41. The Balaban J connectivity index is 1.90. The van der Waals surface area contributed by atoms with Crippen molar-refractivity contribution in [1.29, 1.82) is 0 Å². The van der Waals surface area contributed by atoms with Crippen molar-refractivity contribution in [2.24, 2.45) is 11.7 Å². The summed E-state index contributed by atoms with van der Waals surface area (Å²) in [7, 11) is -3.33. The first-order chi connectivity index (χ1) is 9.01. The molecule has 1 saturated carbocycles. The number of piperidine rings is 1. The summed E-state index contributed by atoms with van der Waals surface area (Å²) in [4.78, 5) is 0. The van der Waals surface area contributed by atoms with Crippen LogP contribution in [0.1, 0.15) is 32.1 Å². The first-order valence-electron chi connectivity index (χ1n) is 7.01. The zero-order valence-electron chi connectivity index (χ0n) is 11.6. The van der Waals surface area contributed by atoms with Gasteiger partial charge in [-0.3, -0.25) is 0 Å². The maximum Gasteiger partial charge on any atom is 0.279 e. The van der Waals surface area contributed by atoms with Gasteiger partial charge in [0.2, 0.25) is 0 Å². The Bertz CT molecular complexity index is 390. The zero-order chi connectivity index (χ0) is 13.9. The lowest BCUT2D eigenvalue weighted by atomic mass is 9.84. The van der Waals surface area contributed by atoms with Crippen LogP contribution in [0.4, 0.5) is 0 Å². The van der Waals surface area contributed by atoms with E-state index in [1.54, 1.807) is 16.1 Å². The summed E-state index contributed by atoms with van der Waals surface area (Å²) < 4.78 is 29.1. The van der Waals surface area contributed by atoms with E-state index < -0.39 is 10.2 Å². The Kier molecular flexibility index (Phi) is 5.16. The van der Waals surface area contributed by atoms with Crippen LogP contribution in [0.25, 0.3) is 0 Å². The van der Waals surface area contributed by atoms with Gasteiger partial charge >= 0.3 is 0 Å². The van der Waals surface area contributed by atoms with E-state index in [0.29, 0.717) is 32.1 Å². The van der Waals surface area contributed by atoms with Crippen molar-refractivity contribution < 1.29 is 8.42 Å². The summed E-state index contributed by atoms with van der Waals surface area (Å²) in [5.74, 6) is 0.309. The fraction of sp³-hybridized carbons (Fsp3) is 1.00. The van der Waals surface area contributed by atoms with Crippen LogP contribution in [0.2, 0.25) is 0 Å². The molecular formula is C12H25N3O2S2. The van der Waals surface area contributed by atoms with Gasteiger partial charge in [-0.1, -0.05) is 6.42 Å². The highest BCUT2D eigenvalue weighted by Crippen LogP contribution is 2.42. The van der Waals surface area contributed by atoms with Gasteiger partial charge in [-0.05, 0) is 44.4 Å². The number of nitrogens with one attached hydrogen (secondary N) is 1. The molecule has 0 bridgehead atoms. The minimum Gasteiger partial charge on any atom is -0.330 e. The largest absolute Gasteiger partial charge is 0.330 e. The number of nitrogens with zero attached hydrogens (tertiary/aromatic N) is 1. The molecule has 0 spiro atoms. The zero-order valence-corrected chi connectivity index (χ0v) is 13.2. The van der Waals surface area contributed by atoms with Crippen LogP contribution in [0.5, 0.6) is 0 Å². The number of thioether (sulfide) groups is 1. The van der Waals surface area contributed by atoms with Crippen molar-refractivity contribution in [2.75, 3.05) is 32.4 Å². The number of nitrogens with two attached hydrogens (primary N) is 1. The Morgan fingerprint density at radius 1 is 1.42 bits per heavy atom. The molecule has 1 heterocycles. The van der Waals surface area contributed by atoms with Gasteiger partial charge in [0.05, 0.1) is 0 Å². The van der Waals surface area contributed by atoms with E-state index in [1.165, 1.54) is 6.42 Å². The molecule has 7 heteroatoms. The minimum atomic E-state index is -3.33. The molecule has 2 fully saturated rings. The van der Waals surface area contributed by atoms with Crippen LogP contribution >= 0.6 is 11.8 Å². The first-order valence-corrected chi connectivity index (χ1v) is 9.68. The molecule has 1 saturated heterocycles. The molecule has 0 radical (unpaired) electrons. The molecule has 19 heavy (non-hydrogen) atoms. The van der Waals surface area contributed by atoms with Crippen molar-refractivity contribution in [2.45, 2.75) is 36.9 Å². The lowest BCUT2D eigenvalue weighted by molar-refractivity contribution is 0.266.